The third kappa shape index (κ3) is 3.41. The van der Waals surface area contributed by atoms with E-state index < -0.39 is 0 Å². The molecule has 2 N–H and O–H groups in total. The molecule has 1 aromatic carbocycles. The number of nitrogens with two attached hydrogens (primary N) is 1. The number of halogens is 1. The number of likely N-dealkylation sites (tertiary alicyclic amines) is 1. The van der Waals surface area contributed by atoms with Crippen LogP contribution >= 0.6 is 11.6 Å². The van der Waals surface area contributed by atoms with Crippen LogP contribution in [0.3, 0.4) is 0 Å². The highest BCUT2D eigenvalue weighted by Gasteiger charge is 2.35. The summed E-state index contributed by atoms with van der Waals surface area (Å²) in [5.74, 6) is 0.0209. The van der Waals surface area contributed by atoms with E-state index in [9.17, 15) is 4.79 Å². The van der Waals surface area contributed by atoms with E-state index in [0.29, 0.717) is 30.2 Å². The van der Waals surface area contributed by atoms with Crippen molar-refractivity contribution >= 4 is 17.5 Å². The van der Waals surface area contributed by atoms with Crippen LogP contribution in [0.25, 0.3) is 0 Å². The Bertz CT molecular complexity index is 714. The Labute approximate surface area is 141 Å². The van der Waals surface area contributed by atoms with E-state index in [2.05, 4.69) is 12.0 Å². The van der Waals surface area contributed by atoms with Crippen molar-refractivity contribution in [1.29, 1.82) is 0 Å². The molecule has 3 rings (SSSR count). The van der Waals surface area contributed by atoms with Gasteiger partial charge in [0.05, 0.1) is 18.3 Å². The van der Waals surface area contributed by atoms with Gasteiger partial charge in [0.2, 0.25) is 0 Å². The quantitative estimate of drug-likeness (QED) is 0.935. The van der Waals surface area contributed by atoms with Crippen molar-refractivity contribution in [2.24, 2.45) is 11.1 Å². The summed E-state index contributed by atoms with van der Waals surface area (Å²) in [6.45, 7) is 4.73. The average Bonchev–Trinajstić information content (AvgIpc) is 3.17. The Hall–Kier alpha value is -1.85. The molecule has 0 saturated carbocycles. The summed E-state index contributed by atoms with van der Waals surface area (Å²) in [6.07, 6.45) is 4.35. The summed E-state index contributed by atoms with van der Waals surface area (Å²) in [4.78, 5) is 14.5. The zero-order chi connectivity index (χ0) is 16.4. The molecule has 1 unspecified atom stereocenters. The number of benzene rings is 1. The third-order valence-electron chi connectivity index (χ3n) is 4.51. The average molecular weight is 333 g/mol. The van der Waals surface area contributed by atoms with Crippen molar-refractivity contribution in [2.45, 2.75) is 19.9 Å². The van der Waals surface area contributed by atoms with Gasteiger partial charge >= 0.3 is 0 Å². The van der Waals surface area contributed by atoms with Crippen molar-refractivity contribution in [3.63, 3.8) is 0 Å². The van der Waals surface area contributed by atoms with Crippen LogP contribution in [-0.4, -0.2) is 40.2 Å². The van der Waals surface area contributed by atoms with Crippen molar-refractivity contribution in [3.8, 4) is 0 Å². The zero-order valence-electron chi connectivity index (χ0n) is 13.2. The van der Waals surface area contributed by atoms with Gasteiger partial charge in [-0.25, -0.2) is 0 Å². The van der Waals surface area contributed by atoms with Gasteiger partial charge in [-0.3, -0.25) is 9.48 Å². The number of carbonyl (C=O) groups is 1. The van der Waals surface area contributed by atoms with Crippen LogP contribution in [0.2, 0.25) is 5.02 Å². The maximum atomic E-state index is 12.6. The number of nitrogens with zero attached hydrogens (tertiary/aromatic N) is 3. The lowest BCUT2D eigenvalue weighted by molar-refractivity contribution is 0.0777. The lowest BCUT2D eigenvalue weighted by Gasteiger charge is -2.22. The van der Waals surface area contributed by atoms with Gasteiger partial charge in [0.25, 0.3) is 5.91 Å². The minimum atomic E-state index is 0.0209. The van der Waals surface area contributed by atoms with E-state index in [0.717, 1.165) is 18.5 Å². The Balaban J connectivity index is 1.70. The Kier molecular flexibility index (Phi) is 4.41. The van der Waals surface area contributed by atoms with Crippen LogP contribution in [0.4, 0.5) is 0 Å². The number of hydrogen-bond acceptors (Lipinski definition) is 3. The molecule has 5 nitrogen and oxygen atoms in total. The van der Waals surface area contributed by atoms with Gasteiger partial charge in [0, 0.05) is 24.3 Å². The standard InChI is InChI=1S/C17H21ClN4O/c1-17(11-19)6-7-21(12-17)16(23)14-8-20-22(10-14)9-13-4-2-3-5-15(13)18/h2-5,8,10H,6-7,9,11-12,19H2,1H3. The minimum absolute atomic E-state index is 0.0209. The number of rotatable bonds is 4. The molecule has 1 aliphatic rings. The van der Waals surface area contributed by atoms with Crippen LogP contribution in [-0.2, 0) is 6.54 Å². The van der Waals surface area contributed by atoms with Crippen LogP contribution in [0.5, 0.6) is 0 Å². The van der Waals surface area contributed by atoms with Gasteiger partial charge in [-0.15, -0.1) is 0 Å². The van der Waals surface area contributed by atoms with E-state index in [4.69, 9.17) is 17.3 Å². The third-order valence-corrected chi connectivity index (χ3v) is 4.88. The summed E-state index contributed by atoms with van der Waals surface area (Å²) in [5.41, 5.74) is 7.43. The fourth-order valence-electron chi connectivity index (χ4n) is 2.91. The smallest absolute Gasteiger partial charge is 0.257 e. The van der Waals surface area contributed by atoms with Crippen molar-refractivity contribution < 1.29 is 4.79 Å². The highest BCUT2D eigenvalue weighted by Crippen LogP contribution is 2.29. The molecule has 0 aliphatic carbocycles. The molecular weight excluding hydrogens is 312 g/mol. The van der Waals surface area contributed by atoms with Crippen molar-refractivity contribution in [3.05, 3.63) is 52.8 Å². The molecule has 0 spiro atoms. The molecule has 2 aromatic rings. The molecule has 1 amide bonds. The van der Waals surface area contributed by atoms with Crippen LogP contribution in [0.1, 0.15) is 29.3 Å². The van der Waals surface area contributed by atoms with Gasteiger partial charge in [-0.05, 0) is 30.0 Å². The summed E-state index contributed by atoms with van der Waals surface area (Å²) in [5, 5.41) is 4.99. The normalized spacial score (nSPS) is 20.9. The fourth-order valence-corrected chi connectivity index (χ4v) is 3.10. The second-order valence-corrected chi connectivity index (χ2v) is 6.92. The molecule has 6 heteroatoms. The Morgan fingerprint density at radius 2 is 2.22 bits per heavy atom. The van der Waals surface area contributed by atoms with E-state index in [-0.39, 0.29) is 11.3 Å². The number of amides is 1. The van der Waals surface area contributed by atoms with E-state index in [1.165, 1.54) is 0 Å². The Morgan fingerprint density at radius 3 is 2.91 bits per heavy atom. The molecule has 1 atom stereocenters. The van der Waals surface area contributed by atoms with Gasteiger partial charge in [0.1, 0.15) is 0 Å². The lowest BCUT2D eigenvalue weighted by Crippen LogP contribution is -2.34. The summed E-state index contributed by atoms with van der Waals surface area (Å²) in [6, 6.07) is 7.64. The summed E-state index contributed by atoms with van der Waals surface area (Å²) < 4.78 is 1.74. The van der Waals surface area contributed by atoms with Crippen LogP contribution in [0, 0.1) is 5.41 Å². The largest absolute Gasteiger partial charge is 0.338 e. The molecule has 23 heavy (non-hydrogen) atoms. The summed E-state index contributed by atoms with van der Waals surface area (Å²) in [7, 11) is 0. The predicted molar refractivity (Wildman–Crippen MR) is 90.5 cm³/mol. The maximum absolute atomic E-state index is 12.6. The first-order chi connectivity index (χ1) is 11.0. The molecule has 1 aromatic heterocycles. The van der Waals surface area contributed by atoms with Crippen molar-refractivity contribution in [1.82, 2.24) is 14.7 Å². The molecule has 2 heterocycles. The molecule has 1 saturated heterocycles. The molecule has 1 fully saturated rings. The molecule has 1 aliphatic heterocycles. The second-order valence-electron chi connectivity index (χ2n) is 6.51. The first kappa shape index (κ1) is 16.0. The van der Waals surface area contributed by atoms with E-state index in [1.54, 1.807) is 17.1 Å². The highest BCUT2D eigenvalue weighted by molar-refractivity contribution is 6.31. The first-order valence-corrected chi connectivity index (χ1v) is 8.14. The van der Waals surface area contributed by atoms with Crippen LogP contribution < -0.4 is 5.73 Å². The monoisotopic (exact) mass is 332 g/mol. The molecule has 122 valence electrons. The van der Waals surface area contributed by atoms with Crippen molar-refractivity contribution in [2.75, 3.05) is 19.6 Å². The molecule has 0 bridgehead atoms. The summed E-state index contributed by atoms with van der Waals surface area (Å²) >= 11 is 6.17. The second kappa shape index (κ2) is 6.34. The zero-order valence-corrected chi connectivity index (χ0v) is 14.0. The minimum Gasteiger partial charge on any atom is -0.338 e. The Morgan fingerprint density at radius 1 is 1.43 bits per heavy atom. The van der Waals surface area contributed by atoms with E-state index in [1.807, 2.05) is 29.2 Å². The fraction of sp³-hybridized carbons (Fsp3) is 0.412. The maximum Gasteiger partial charge on any atom is 0.257 e. The highest BCUT2D eigenvalue weighted by atomic mass is 35.5. The van der Waals surface area contributed by atoms with E-state index >= 15 is 0 Å². The molecule has 0 radical (unpaired) electrons. The van der Waals surface area contributed by atoms with Gasteiger partial charge in [-0.1, -0.05) is 36.7 Å². The van der Waals surface area contributed by atoms with Crippen LogP contribution in [0.15, 0.2) is 36.7 Å². The number of aromatic nitrogens is 2. The van der Waals surface area contributed by atoms with Gasteiger partial charge in [0.15, 0.2) is 0 Å². The SMILES string of the molecule is CC1(CN)CCN(C(=O)c2cnn(Cc3ccccc3Cl)c2)C1. The lowest BCUT2D eigenvalue weighted by atomic mass is 9.90. The number of hydrogen-bond donors (Lipinski definition) is 1. The first-order valence-electron chi connectivity index (χ1n) is 7.76. The topological polar surface area (TPSA) is 64.2 Å². The van der Waals surface area contributed by atoms with Gasteiger partial charge in [-0.2, -0.15) is 5.10 Å². The predicted octanol–water partition coefficient (Wildman–Crippen LogP) is 2.40. The molecular formula is C17H21ClN4O. The number of carbonyl (C=O) groups excluding carboxylic acids is 1. The van der Waals surface area contributed by atoms with Gasteiger partial charge < -0.3 is 10.6 Å².